The fraction of sp³-hybridized carbons (Fsp3) is 0.111. The largest absolute Gasteiger partial charge is 0.507 e. The van der Waals surface area contributed by atoms with Crippen molar-refractivity contribution in [2.45, 2.75) is 6.92 Å². The first-order chi connectivity index (χ1) is 5.61. The van der Waals surface area contributed by atoms with E-state index in [-0.39, 0.29) is 0 Å². The zero-order chi connectivity index (χ0) is 9.14. The zero-order valence-electron chi connectivity index (χ0n) is 6.51. The lowest BCUT2D eigenvalue weighted by atomic mass is 10.1. The van der Waals surface area contributed by atoms with Crippen LogP contribution in [0.4, 0.5) is 0 Å². The van der Waals surface area contributed by atoms with Gasteiger partial charge in [0.15, 0.2) is 0 Å². The molecule has 0 aliphatic carbocycles. The van der Waals surface area contributed by atoms with E-state index >= 15 is 0 Å². The van der Waals surface area contributed by atoms with Crippen LogP contribution in [0, 0.1) is 6.92 Å². The molecule has 0 spiro atoms. The second-order valence-electron chi connectivity index (χ2n) is 2.45. The van der Waals surface area contributed by atoms with E-state index in [0.29, 0.717) is 5.75 Å². The normalized spacial score (nSPS) is 9.58. The Bertz CT molecular complexity index is 314. The maximum atomic E-state index is 9.56. The predicted molar refractivity (Wildman–Crippen MR) is 58.7 cm³/mol. The number of rotatable bonds is 1. The Hall–Kier alpha value is -0.280. The number of phenols is 1. The van der Waals surface area contributed by atoms with E-state index in [1.165, 1.54) is 0 Å². The first-order valence-corrected chi connectivity index (χ1v) is 5.01. The number of aromatic hydroxyl groups is 1. The molecule has 12 heavy (non-hydrogen) atoms. The summed E-state index contributed by atoms with van der Waals surface area (Å²) in [5.41, 5.74) is 1.68. The predicted octanol–water partition coefficient (Wildman–Crippen LogP) is 3.79. The Balaban J connectivity index is 3.17. The summed E-state index contributed by atoms with van der Waals surface area (Å²) in [5, 5.41) is 9.56. The van der Waals surface area contributed by atoms with Gasteiger partial charge >= 0.3 is 0 Å². The van der Waals surface area contributed by atoms with Crippen molar-refractivity contribution in [3.63, 3.8) is 0 Å². The van der Waals surface area contributed by atoms with E-state index < -0.39 is 0 Å². The minimum atomic E-state index is 0.328. The average Bonchev–Trinajstić information content (AvgIpc) is 1.98. The third kappa shape index (κ3) is 2.35. The molecule has 0 saturated carbocycles. The van der Waals surface area contributed by atoms with Gasteiger partial charge in [-0.3, -0.25) is 0 Å². The minimum Gasteiger partial charge on any atom is -0.507 e. The highest BCUT2D eigenvalue weighted by Gasteiger charge is 2.00. The van der Waals surface area contributed by atoms with Crippen molar-refractivity contribution in [3.8, 4) is 5.75 Å². The smallest absolute Gasteiger partial charge is 0.125 e. The minimum absolute atomic E-state index is 0.328. The van der Waals surface area contributed by atoms with E-state index in [9.17, 15) is 5.11 Å². The van der Waals surface area contributed by atoms with Gasteiger partial charge in [0.1, 0.15) is 5.75 Å². The van der Waals surface area contributed by atoms with Crippen LogP contribution >= 0.6 is 31.9 Å². The van der Waals surface area contributed by atoms with Crippen LogP contribution in [-0.4, -0.2) is 5.11 Å². The van der Waals surface area contributed by atoms with Crippen molar-refractivity contribution >= 4 is 37.9 Å². The maximum Gasteiger partial charge on any atom is 0.125 e. The van der Waals surface area contributed by atoms with Crippen molar-refractivity contribution < 1.29 is 5.11 Å². The monoisotopic (exact) mass is 290 g/mol. The van der Waals surface area contributed by atoms with Crippen LogP contribution in [0.2, 0.25) is 0 Å². The van der Waals surface area contributed by atoms with Crippen LogP contribution in [0.15, 0.2) is 21.6 Å². The van der Waals surface area contributed by atoms with Gasteiger partial charge in [0.05, 0.1) is 3.39 Å². The number of para-hydroxylation sites is 1. The van der Waals surface area contributed by atoms with Gasteiger partial charge in [0.25, 0.3) is 0 Å². The van der Waals surface area contributed by atoms with Crippen LogP contribution in [0.3, 0.4) is 0 Å². The Labute approximate surface area is 88.4 Å². The van der Waals surface area contributed by atoms with Crippen molar-refractivity contribution in [2.75, 3.05) is 0 Å². The van der Waals surface area contributed by atoms with Gasteiger partial charge in [-0.05, 0) is 50.4 Å². The zero-order valence-corrected chi connectivity index (χ0v) is 9.68. The molecule has 3 heteroatoms. The fourth-order valence-corrected chi connectivity index (χ4v) is 1.41. The average molecular weight is 292 g/mol. The van der Waals surface area contributed by atoms with Gasteiger partial charge < -0.3 is 5.11 Å². The van der Waals surface area contributed by atoms with Gasteiger partial charge in [-0.25, -0.2) is 0 Å². The highest BCUT2D eigenvalue weighted by atomic mass is 79.9. The third-order valence-corrected chi connectivity index (χ3v) is 1.99. The summed E-state index contributed by atoms with van der Waals surface area (Å²) in [6, 6.07) is 5.63. The molecule has 1 aromatic rings. The molecule has 0 fully saturated rings. The SMILES string of the molecule is Cc1cccc(C=C(Br)Br)c1O. The molecule has 1 nitrogen and oxygen atoms in total. The summed E-state index contributed by atoms with van der Waals surface area (Å²) in [5.74, 6) is 0.328. The summed E-state index contributed by atoms with van der Waals surface area (Å²) in [6.07, 6.45) is 1.81. The Kier molecular flexibility index (Phi) is 3.35. The van der Waals surface area contributed by atoms with Gasteiger partial charge in [0, 0.05) is 5.56 Å². The first kappa shape index (κ1) is 9.81. The van der Waals surface area contributed by atoms with Crippen LogP contribution in [0.25, 0.3) is 6.08 Å². The molecule has 0 heterocycles. The second kappa shape index (κ2) is 4.10. The van der Waals surface area contributed by atoms with Crippen LogP contribution < -0.4 is 0 Å². The number of halogens is 2. The lowest BCUT2D eigenvalue weighted by molar-refractivity contribution is 0.470. The van der Waals surface area contributed by atoms with Crippen molar-refractivity contribution in [2.24, 2.45) is 0 Å². The van der Waals surface area contributed by atoms with Crippen LogP contribution in [0.1, 0.15) is 11.1 Å². The van der Waals surface area contributed by atoms with Gasteiger partial charge in [-0.1, -0.05) is 18.2 Å². The summed E-state index contributed by atoms with van der Waals surface area (Å²) in [6.45, 7) is 1.87. The Morgan fingerprint density at radius 1 is 1.42 bits per heavy atom. The van der Waals surface area contributed by atoms with E-state index in [2.05, 4.69) is 31.9 Å². The third-order valence-electron chi connectivity index (χ3n) is 1.53. The summed E-state index contributed by atoms with van der Waals surface area (Å²) < 4.78 is 0.816. The van der Waals surface area contributed by atoms with Crippen LogP contribution in [-0.2, 0) is 0 Å². The second-order valence-corrected chi connectivity index (χ2v) is 5.22. The lowest BCUT2D eigenvalue weighted by Crippen LogP contribution is -1.78. The van der Waals surface area contributed by atoms with Gasteiger partial charge in [-0.2, -0.15) is 0 Å². The molecule has 0 bridgehead atoms. The topological polar surface area (TPSA) is 20.2 Å². The highest BCUT2D eigenvalue weighted by Crippen LogP contribution is 2.26. The highest BCUT2D eigenvalue weighted by molar-refractivity contribution is 9.28. The van der Waals surface area contributed by atoms with E-state index in [1.807, 2.05) is 31.2 Å². The molecule has 0 atom stereocenters. The number of benzene rings is 1. The standard InChI is InChI=1S/C9H8Br2O/c1-6-3-2-4-7(9(6)12)5-8(10)11/h2-5,12H,1H3. The molecular formula is C9H8Br2O. The molecule has 64 valence electrons. The van der Waals surface area contributed by atoms with Crippen LogP contribution in [0.5, 0.6) is 5.75 Å². The summed E-state index contributed by atoms with van der Waals surface area (Å²) in [4.78, 5) is 0. The fourth-order valence-electron chi connectivity index (χ4n) is 0.916. The van der Waals surface area contributed by atoms with Crippen molar-refractivity contribution in [1.82, 2.24) is 0 Å². The quantitative estimate of drug-likeness (QED) is 0.835. The Morgan fingerprint density at radius 2 is 2.08 bits per heavy atom. The Morgan fingerprint density at radius 3 is 2.67 bits per heavy atom. The molecule has 0 unspecified atom stereocenters. The number of hydrogen-bond acceptors (Lipinski definition) is 1. The van der Waals surface area contributed by atoms with Gasteiger partial charge in [0.2, 0.25) is 0 Å². The molecule has 0 amide bonds. The summed E-state index contributed by atoms with van der Waals surface area (Å²) >= 11 is 6.47. The first-order valence-electron chi connectivity index (χ1n) is 3.42. The molecule has 1 N–H and O–H groups in total. The van der Waals surface area contributed by atoms with Crippen molar-refractivity contribution in [1.29, 1.82) is 0 Å². The molecule has 1 aromatic carbocycles. The molecule has 1 rings (SSSR count). The maximum absolute atomic E-state index is 9.56. The molecule has 0 saturated heterocycles. The van der Waals surface area contributed by atoms with Gasteiger partial charge in [-0.15, -0.1) is 0 Å². The molecule has 0 aliphatic heterocycles. The van der Waals surface area contributed by atoms with E-state index in [0.717, 1.165) is 14.5 Å². The number of aryl methyl sites for hydroxylation is 1. The molecular weight excluding hydrogens is 284 g/mol. The summed E-state index contributed by atoms with van der Waals surface area (Å²) in [7, 11) is 0. The van der Waals surface area contributed by atoms with E-state index in [4.69, 9.17) is 0 Å². The lowest BCUT2D eigenvalue weighted by Gasteiger charge is -2.01. The number of hydrogen-bond donors (Lipinski definition) is 1. The molecule has 0 radical (unpaired) electrons. The van der Waals surface area contributed by atoms with E-state index in [1.54, 1.807) is 0 Å². The molecule has 0 aliphatic rings. The molecule has 0 aromatic heterocycles. The number of phenolic OH excluding ortho intramolecular Hbond substituents is 1. The van der Waals surface area contributed by atoms with Crippen molar-refractivity contribution in [3.05, 3.63) is 32.7 Å².